The minimum atomic E-state index is -0.799. The molecule has 1 aliphatic heterocycles. The van der Waals surface area contributed by atoms with E-state index in [0.29, 0.717) is 6.42 Å². The van der Waals surface area contributed by atoms with Gasteiger partial charge in [0.1, 0.15) is 11.6 Å². The van der Waals surface area contributed by atoms with Gasteiger partial charge in [0.25, 0.3) is 0 Å². The van der Waals surface area contributed by atoms with Crippen LogP contribution in [0.2, 0.25) is 0 Å². The first-order valence-corrected chi connectivity index (χ1v) is 5.98. The maximum Gasteiger partial charge on any atom is 0.323 e. The van der Waals surface area contributed by atoms with Crippen LogP contribution in [0.15, 0.2) is 0 Å². The summed E-state index contributed by atoms with van der Waals surface area (Å²) in [7, 11) is 0. The van der Waals surface area contributed by atoms with Crippen molar-refractivity contribution >= 4 is 11.9 Å². The van der Waals surface area contributed by atoms with E-state index < -0.39 is 11.6 Å². The summed E-state index contributed by atoms with van der Waals surface area (Å²) in [6, 6.07) is -0.170. The molecule has 0 aromatic heterocycles. The van der Waals surface area contributed by atoms with Gasteiger partial charge in [-0.05, 0) is 40.0 Å². The predicted octanol–water partition coefficient (Wildman–Crippen LogP) is 1.31. The Kier molecular flexibility index (Phi) is 4.51. The number of rotatable bonds is 4. The summed E-state index contributed by atoms with van der Waals surface area (Å²) in [6.45, 7) is 5.51. The van der Waals surface area contributed by atoms with Crippen molar-refractivity contribution < 1.29 is 19.4 Å². The van der Waals surface area contributed by atoms with Crippen LogP contribution in [0, 0.1) is 0 Å². The highest BCUT2D eigenvalue weighted by molar-refractivity contribution is 5.76. The van der Waals surface area contributed by atoms with Crippen LogP contribution >= 0.6 is 0 Å². The van der Waals surface area contributed by atoms with E-state index in [9.17, 15) is 9.59 Å². The lowest BCUT2D eigenvalue weighted by molar-refractivity contribution is -0.157. The average Bonchev–Trinajstić information content (AvgIpc) is 2.60. The highest BCUT2D eigenvalue weighted by atomic mass is 16.6. The Balaban J connectivity index is 2.34. The summed E-state index contributed by atoms with van der Waals surface area (Å²) in [5, 5.41) is 11.7. The third kappa shape index (κ3) is 5.17. The van der Waals surface area contributed by atoms with E-state index in [4.69, 9.17) is 9.84 Å². The minimum Gasteiger partial charge on any atom is -0.481 e. The number of hydrogen-bond donors (Lipinski definition) is 2. The molecular weight excluding hydrogens is 222 g/mol. The maximum absolute atomic E-state index is 11.7. The smallest absolute Gasteiger partial charge is 0.323 e. The number of carboxylic acids is 1. The lowest BCUT2D eigenvalue weighted by Crippen LogP contribution is -2.40. The molecule has 1 rings (SSSR count). The van der Waals surface area contributed by atoms with Crippen molar-refractivity contribution in [1.29, 1.82) is 0 Å². The predicted molar refractivity (Wildman–Crippen MR) is 62.7 cm³/mol. The van der Waals surface area contributed by atoms with E-state index in [1.54, 1.807) is 0 Å². The molecule has 5 nitrogen and oxygen atoms in total. The number of ether oxygens (including phenoxy) is 1. The summed E-state index contributed by atoms with van der Waals surface area (Å²) in [4.78, 5) is 22.2. The molecule has 2 atom stereocenters. The average molecular weight is 243 g/mol. The number of aliphatic carboxylic acids is 1. The zero-order valence-electron chi connectivity index (χ0n) is 10.7. The molecular formula is C12H21NO4. The van der Waals surface area contributed by atoms with Crippen molar-refractivity contribution in [1.82, 2.24) is 5.32 Å². The van der Waals surface area contributed by atoms with Gasteiger partial charge >= 0.3 is 11.9 Å². The van der Waals surface area contributed by atoms with E-state index in [1.807, 2.05) is 20.8 Å². The van der Waals surface area contributed by atoms with Crippen molar-refractivity contribution in [3.8, 4) is 0 Å². The lowest BCUT2D eigenvalue weighted by atomic mass is 10.1. The van der Waals surface area contributed by atoms with E-state index in [0.717, 1.165) is 12.8 Å². The molecule has 0 radical (unpaired) electrons. The van der Waals surface area contributed by atoms with E-state index in [-0.39, 0.29) is 24.5 Å². The molecule has 17 heavy (non-hydrogen) atoms. The Labute approximate surface area is 102 Å². The fourth-order valence-electron chi connectivity index (χ4n) is 1.90. The number of nitrogens with one attached hydrogen (secondary N) is 1. The van der Waals surface area contributed by atoms with Gasteiger partial charge in [-0.2, -0.15) is 0 Å². The molecule has 1 saturated heterocycles. The van der Waals surface area contributed by atoms with Gasteiger partial charge in [0.2, 0.25) is 0 Å². The van der Waals surface area contributed by atoms with Gasteiger partial charge < -0.3 is 15.2 Å². The maximum atomic E-state index is 11.7. The van der Waals surface area contributed by atoms with Gasteiger partial charge in [-0.15, -0.1) is 0 Å². The standard InChI is InChI=1S/C12H21NO4/c1-12(2,3)17-11(16)9-6-4-8(13-9)5-7-10(14)15/h8-9,13H,4-7H2,1-3H3,(H,14,15)/t8-,9+/m1/s1. The van der Waals surface area contributed by atoms with E-state index in [2.05, 4.69) is 5.32 Å². The number of carbonyl (C=O) groups is 2. The second-order valence-corrected chi connectivity index (χ2v) is 5.46. The molecule has 2 N–H and O–H groups in total. The third-order valence-corrected chi connectivity index (χ3v) is 2.64. The Morgan fingerprint density at radius 2 is 2.00 bits per heavy atom. The largest absolute Gasteiger partial charge is 0.481 e. The quantitative estimate of drug-likeness (QED) is 0.728. The molecule has 0 saturated carbocycles. The zero-order valence-corrected chi connectivity index (χ0v) is 10.7. The van der Waals surface area contributed by atoms with Crippen LogP contribution in [0.3, 0.4) is 0 Å². The minimum absolute atomic E-state index is 0.114. The molecule has 1 aliphatic rings. The first-order valence-electron chi connectivity index (χ1n) is 5.98. The molecule has 0 aromatic rings. The van der Waals surface area contributed by atoms with Gasteiger partial charge in [-0.3, -0.25) is 9.59 Å². The monoisotopic (exact) mass is 243 g/mol. The van der Waals surface area contributed by atoms with E-state index in [1.165, 1.54) is 0 Å². The summed E-state index contributed by atoms with van der Waals surface area (Å²) < 4.78 is 5.28. The molecule has 0 unspecified atom stereocenters. The molecule has 98 valence electrons. The normalized spacial score (nSPS) is 24.6. The van der Waals surface area contributed by atoms with Gasteiger partial charge in [0.15, 0.2) is 0 Å². The molecule has 0 aromatic carbocycles. The molecule has 0 bridgehead atoms. The van der Waals surface area contributed by atoms with Crippen LogP contribution < -0.4 is 5.32 Å². The molecule has 5 heteroatoms. The Morgan fingerprint density at radius 3 is 2.53 bits per heavy atom. The summed E-state index contributed by atoms with van der Waals surface area (Å²) in [5.41, 5.74) is -0.474. The third-order valence-electron chi connectivity index (χ3n) is 2.64. The zero-order chi connectivity index (χ0) is 13.1. The van der Waals surface area contributed by atoms with Crippen molar-refractivity contribution in [3.63, 3.8) is 0 Å². The Hall–Kier alpha value is -1.10. The number of carboxylic acid groups (broad SMARTS) is 1. The van der Waals surface area contributed by atoms with Gasteiger partial charge in [-0.25, -0.2) is 0 Å². The first kappa shape index (κ1) is 14.0. The van der Waals surface area contributed by atoms with Crippen LogP contribution in [0.4, 0.5) is 0 Å². The van der Waals surface area contributed by atoms with Gasteiger partial charge in [0, 0.05) is 12.5 Å². The lowest BCUT2D eigenvalue weighted by Gasteiger charge is -2.22. The van der Waals surface area contributed by atoms with E-state index >= 15 is 0 Å². The van der Waals surface area contributed by atoms with Crippen LogP contribution in [-0.2, 0) is 14.3 Å². The fraction of sp³-hybridized carbons (Fsp3) is 0.833. The van der Waals surface area contributed by atoms with Crippen LogP contribution in [0.5, 0.6) is 0 Å². The van der Waals surface area contributed by atoms with Crippen molar-refractivity contribution in [2.45, 2.75) is 64.1 Å². The SMILES string of the molecule is CC(C)(C)OC(=O)[C@@H]1CC[C@H](CCC(=O)O)N1. The first-order chi connectivity index (χ1) is 7.78. The molecule has 0 aliphatic carbocycles. The van der Waals surface area contributed by atoms with Crippen LogP contribution in [0.25, 0.3) is 0 Å². The van der Waals surface area contributed by atoms with Crippen LogP contribution in [-0.4, -0.2) is 34.7 Å². The van der Waals surface area contributed by atoms with Crippen molar-refractivity contribution in [2.24, 2.45) is 0 Å². The molecule has 1 heterocycles. The number of esters is 1. The fourth-order valence-corrected chi connectivity index (χ4v) is 1.90. The Morgan fingerprint density at radius 1 is 1.35 bits per heavy atom. The van der Waals surface area contributed by atoms with Crippen LogP contribution in [0.1, 0.15) is 46.5 Å². The number of hydrogen-bond acceptors (Lipinski definition) is 4. The number of carbonyl (C=O) groups excluding carboxylic acids is 1. The van der Waals surface area contributed by atoms with Gasteiger partial charge in [-0.1, -0.05) is 0 Å². The molecule has 0 amide bonds. The molecule has 1 fully saturated rings. The highest BCUT2D eigenvalue weighted by Gasteiger charge is 2.32. The second-order valence-electron chi connectivity index (χ2n) is 5.46. The van der Waals surface area contributed by atoms with Gasteiger partial charge in [0.05, 0.1) is 0 Å². The Bertz CT molecular complexity index is 295. The summed E-state index contributed by atoms with van der Waals surface area (Å²) in [6.07, 6.45) is 2.25. The highest BCUT2D eigenvalue weighted by Crippen LogP contribution is 2.19. The molecule has 0 spiro atoms. The van der Waals surface area contributed by atoms with Crippen molar-refractivity contribution in [2.75, 3.05) is 0 Å². The van der Waals surface area contributed by atoms with Crippen molar-refractivity contribution in [3.05, 3.63) is 0 Å². The second kappa shape index (κ2) is 5.49. The summed E-state index contributed by atoms with van der Waals surface area (Å²) >= 11 is 0. The summed E-state index contributed by atoms with van der Waals surface area (Å²) in [5.74, 6) is -1.04. The topological polar surface area (TPSA) is 75.6 Å².